The predicted molar refractivity (Wildman–Crippen MR) is 73.3 cm³/mol. The summed E-state index contributed by atoms with van der Waals surface area (Å²) in [6, 6.07) is -0.476. The first-order valence-corrected chi connectivity index (χ1v) is 6.85. The Balaban J connectivity index is 2.74. The van der Waals surface area contributed by atoms with Crippen LogP contribution in [0.3, 0.4) is 0 Å². The molecule has 5 nitrogen and oxygen atoms in total. The van der Waals surface area contributed by atoms with Crippen molar-refractivity contribution < 1.29 is 14.3 Å². The lowest BCUT2D eigenvalue weighted by atomic mass is 9.61. The number of nitrogens with one attached hydrogen (secondary N) is 1. The topological polar surface area (TPSA) is 81.4 Å². The van der Waals surface area contributed by atoms with Gasteiger partial charge in [-0.3, -0.25) is 4.79 Å². The quantitative estimate of drug-likeness (QED) is 0.751. The molecule has 0 radical (unpaired) electrons. The molecule has 3 unspecified atom stereocenters. The van der Waals surface area contributed by atoms with Gasteiger partial charge in [-0.25, -0.2) is 4.79 Å². The Morgan fingerprint density at radius 2 is 1.95 bits per heavy atom. The van der Waals surface area contributed by atoms with Crippen LogP contribution in [-0.2, 0) is 14.3 Å². The highest BCUT2D eigenvalue weighted by atomic mass is 16.5. The molecule has 0 spiro atoms. The van der Waals surface area contributed by atoms with Gasteiger partial charge < -0.3 is 15.8 Å². The summed E-state index contributed by atoms with van der Waals surface area (Å²) >= 11 is 0. The van der Waals surface area contributed by atoms with E-state index in [2.05, 4.69) is 30.8 Å². The fraction of sp³-hybridized carbons (Fsp3) is 0.857. The van der Waals surface area contributed by atoms with Crippen LogP contribution in [0.4, 0.5) is 0 Å². The summed E-state index contributed by atoms with van der Waals surface area (Å²) in [5, 5.41) is 2.74. The summed E-state index contributed by atoms with van der Waals surface area (Å²) in [6.45, 7) is 7.87. The zero-order chi connectivity index (χ0) is 14.8. The SMILES string of the molecule is COC(=O)[C@H](C)NC(=O)C1CCC(N)C(C)C1(C)C. The maximum absolute atomic E-state index is 12.3. The van der Waals surface area contributed by atoms with Crippen molar-refractivity contribution in [3.8, 4) is 0 Å². The summed E-state index contributed by atoms with van der Waals surface area (Å²) in [5.74, 6) is -0.354. The van der Waals surface area contributed by atoms with Crippen LogP contribution >= 0.6 is 0 Å². The standard InChI is InChI=1S/C14H26N2O3/c1-8-11(15)7-6-10(14(8,3)4)12(17)16-9(2)13(18)19-5/h8-11H,6-7,15H2,1-5H3,(H,16,17)/t8?,9-,10?,11?/m0/s1. The summed E-state index contributed by atoms with van der Waals surface area (Å²) in [5.41, 5.74) is 5.91. The highest BCUT2D eigenvalue weighted by molar-refractivity contribution is 5.86. The minimum absolute atomic E-state index is 0.0818. The molecule has 0 bridgehead atoms. The fourth-order valence-corrected chi connectivity index (χ4v) is 2.87. The van der Waals surface area contributed by atoms with Crippen LogP contribution in [0.2, 0.25) is 0 Å². The van der Waals surface area contributed by atoms with Crippen LogP contribution in [0.15, 0.2) is 0 Å². The molecule has 0 aromatic rings. The minimum Gasteiger partial charge on any atom is -0.467 e. The number of carbonyl (C=O) groups excluding carboxylic acids is 2. The molecule has 1 rings (SSSR count). The number of rotatable bonds is 3. The van der Waals surface area contributed by atoms with E-state index in [1.807, 2.05) is 0 Å². The van der Waals surface area contributed by atoms with E-state index in [0.717, 1.165) is 12.8 Å². The molecule has 1 aliphatic rings. The first kappa shape index (κ1) is 16.0. The summed E-state index contributed by atoms with van der Waals surface area (Å²) < 4.78 is 4.62. The van der Waals surface area contributed by atoms with Gasteiger partial charge in [0.1, 0.15) is 6.04 Å². The number of esters is 1. The molecule has 1 fully saturated rings. The Morgan fingerprint density at radius 3 is 2.47 bits per heavy atom. The predicted octanol–water partition coefficient (Wildman–Crippen LogP) is 1.06. The second-order valence-electron chi connectivity index (χ2n) is 6.16. The van der Waals surface area contributed by atoms with Crippen LogP contribution in [0.25, 0.3) is 0 Å². The van der Waals surface area contributed by atoms with Gasteiger partial charge in [-0.2, -0.15) is 0 Å². The number of methoxy groups -OCH3 is 1. The molecule has 110 valence electrons. The lowest BCUT2D eigenvalue weighted by Crippen LogP contribution is -2.53. The molecule has 1 amide bonds. The highest BCUT2D eigenvalue weighted by Gasteiger charge is 2.45. The molecule has 4 atom stereocenters. The molecule has 0 aliphatic heterocycles. The van der Waals surface area contributed by atoms with Crippen LogP contribution in [-0.4, -0.2) is 31.1 Å². The van der Waals surface area contributed by atoms with Gasteiger partial charge >= 0.3 is 5.97 Å². The van der Waals surface area contributed by atoms with Gasteiger partial charge in [0, 0.05) is 12.0 Å². The number of ether oxygens (including phenoxy) is 1. The normalized spacial score (nSPS) is 31.4. The Bertz CT molecular complexity index is 355. The molecule has 3 N–H and O–H groups in total. The lowest BCUT2D eigenvalue weighted by Gasteiger charge is -2.46. The maximum atomic E-state index is 12.3. The Morgan fingerprint density at radius 1 is 1.37 bits per heavy atom. The summed E-state index contributed by atoms with van der Waals surface area (Å²) in [4.78, 5) is 23.7. The largest absolute Gasteiger partial charge is 0.467 e. The Labute approximate surface area is 115 Å². The monoisotopic (exact) mass is 270 g/mol. The first-order valence-electron chi connectivity index (χ1n) is 6.85. The molecule has 0 saturated heterocycles. The van der Waals surface area contributed by atoms with Gasteiger partial charge in [-0.05, 0) is 31.1 Å². The van der Waals surface area contributed by atoms with Crippen molar-refractivity contribution in [1.29, 1.82) is 0 Å². The summed E-state index contributed by atoms with van der Waals surface area (Å²) in [7, 11) is 1.32. The number of hydrogen-bond donors (Lipinski definition) is 2. The zero-order valence-corrected chi connectivity index (χ0v) is 12.5. The van der Waals surface area contributed by atoms with E-state index in [4.69, 9.17) is 5.73 Å². The van der Waals surface area contributed by atoms with Crippen LogP contribution in [0, 0.1) is 17.3 Å². The van der Waals surface area contributed by atoms with E-state index in [1.54, 1.807) is 6.92 Å². The van der Waals surface area contributed by atoms with E-state index in [9.17, 15) is 9.59 Å². The second kappa shape index (κ2) is 5.90. The van der Waals surface area contributed by atoms with Crippen molar-refractivity contribution in [3.63, 3.8) is 0 Å². The Kier molecular flexibility index (Phi) is 4.96. The molecule has 0 heterocycles. The van der Waals surface area contributed by atoms with Gasteiger partial charge in [-0.15, -0.1) is 0 Å². The van der Waals surface area contributed by atoms with Crippen molar-refractivity contribution in [2.24, 2.45) is 23.0 Å². The van der Waals surface area contributed by atoms with Crippen LogP contribution < -0.4 is 11.1 Å². The van der Waals surface area contributed by atoms with Gasteiger partial charge in [-0.1, -0.05) is 20.8 Å². The molecule has 0 aromatic heterocycles. The van der Waals surface area contributed by atoms with Gasteiger partial charge in [0.2, 0.25) is 5.91 Å². The van der Waals surface area contributed by atoms with Gasteiger partial charge in [0.25, 0.3) is 0 Å². The van der Waals surface area contributed by atoms with Crippen molar-refractivity contribution >= 4 is 11.9 Å². The van der Waals surface area contributed by atoms with Gasteiger partial charge in [0.05, 0.1) is 7.11 Å². The number of amides is 1. The number of nitrogens with two attached hydrogens (primary N) is 1. The van der Waals surface area contributed by atoms with E-state index in [1.165, 1.54) is 7.11 Å². The molecular formula is C14H26N2O3. The average molecular weight is 270 g/mol. The van der Waals surface area contributed by atoms with Crippen molar-refractivity contribution in [1.82, 2.24) is 5.32 Å². The molecule has 5 heteroatoms. The minimum atomic E-state index is -0.612. The molecule has 1 saturated carbocycles. The average Bonchev–Trinajstić information content (AvgIpc) is 2.34. The van der Waals surface area contributed by atoms with Crippen LogP contribution in [0.1, 0.15) is 40.5 Å². The molecule has 1 aliphatic carbocycles. The van der Waals surface area contributed by atoms with Crippen molar-refractivity contribution in [3.05, 3.63) is 0 Å². The first-order chi connectivity index (χ1) is 8.71. The van der Waals surface area contributed by atoms with E-state index >= 15 is 0 Å². The second-order valence-corrected chi connectivity index (χ2v) is 6.16. The maximum Gasteiger partial charge on any atom is 0.328 e. The third-order valence-electron chi connectivity index (χ3n) is 4.73. The number of hydrogen-bond acceptors (Lipinski definition) is 4. The van der Waals surface area contributed by atoms with E-state index in [0.29, 0.717) is 0 Å². The Hall–Kier alpha value is -1.10. The molecule has 19 heavy (non-hydrogen) atoms. The highest BCUT2D eigenvalue weighted by Crippen LogP contribution is 2.44. The summed E-state index contributed by atoms with van der Waals surface area (Å²) in [6.07, 6.45) is 1.60. The van der Waals surface area contributed by atoms with Gasteiger partial charge in [0.15, 0.2) is 0 Å². The van der Waals surface area contributed by atoms with E-state index in [-0.39, 0.29) is 29.2 Å². The van der Waals surface area contributed by atoms with Crippen LogP contribution in [0.5, 0.6) is 0 Å². The smallest absolute Gasteiger partial charge is 0.328 e. The van der Waals surface area contributed by atoms with Crippen molar-refractivity contribution in [2.75, 3.05) is 7.11 Å². The zero-order valence-electron chi connectivity index (χ0n) is 12.5. The van der Waals surface area contributed by atoms with E-state index < -0.39 is 12.0 Å². The lowest BCUT2D eigenvalue weighted by molar-refractivity contribution is -0.146. The molecular weight excluding hydrogens is 244 g/mol. The third-order valence-corrected chi connectivity index (χ3v) is 4.73. The third kappa shape index (κ3) is 3.26. The van der Waals surface area contributed by atoms with Crippen molar-refractivity contribution in [2.45, 2.75) is 52.6 Å². The number of carbonyl (C=O) groups is 2. The molecule has 0 aromatic carbocycles. The fourth-order valence-electron chi connectivity index (χ4n) is 2.87.